The zero-order chi connectivity index (χ0) is 15.5. The number of benzene rings is 1. The lowest BCUT2D eigenvalue weighted by Crippen LogP contribution is -2.21. The lowest BCUT2D eigenvalue weighted by Gasteiger charge is -2.17. The smallest absolute Gasteiger partial charge is 0.480 e. The number of nitrogens with zero attached hydrogens (tertiary/aromatic N) is 2. The maximum atomic E-state index is 12.4. The molecule has 0 bridgehead atoms. The Bertz CT molecular complexity index is 602. The van der Waals surface area contributed by atoms with Crippen molar-refractivity contribution in [2.75, 3.05) is 7.11 Å². The number of halogens is 3. The second-order valence-corrected chi connectivity index (χ2v) is 4.06. The second kappa shape index (κ2) is 5.96. The lowest BCUT2D eigenvalue weighted by atomic mass is 10.0. The van der Waals surface area contributed by atoms with Gasteiger partial charge in [-0.15, -0.1) is 23.4 Å². The first-order valence-corrected chi connectivity index (χ1v) is 5.88. The van der Waals surface area contributed by atoms with Gasteiger partial charge in [-0.05, 0) is 12.1 Å². The van der Waals surface area contributed by atoms with Gasteiger partial charge in [-0.1, -0.05) is 18.2 Å². The van der Waals surface area contributed by atoms with E-state index < -0.39 is 12.4 Å². The zero-order valence-corrected chi connectivity index (χ0v) is 11.0. The lowest BCUT2D eigenvalue weighted by molar-refractivity contribution is -0.274. The largest absolute Gasteiger partial charge is 0.573 e. The summed E-state index contributed by atoms with van der Waals surface area (Å²) < 4.78 is 46.0. The summed E-state index contributed by atoms with van der Waals surface area (Å²) in [5.74, 6) is -0.0825. The molecule has 1 unspecified atom stereocenters. The Kier molecular flexibility index (Phi) is 4.27. The van der Waals surface area contributed by atoms with Gasteiger partial charge in [0.05, 0.1) is 18.8 Å². The molecule has 2 N–H and O–H groups in total. The summed E-state index contributed by atoms with van der Waals surface area (Å²) >= 11 is 0. The Labute approximate surface area is 118 Å². The van der Waals surface area contributed by atoms with Crippen molar-refractivity contribution < 1.29 is 22.6 Å². The van der Waals surface area contributed by atoms with Crippen molar-refractivity contribution in [2.45, 2.75) is 12.4 Å². The van der Waals surface area contributed by atoms with Gasteiger partial charge in [0.2, 0.25) is 5.88 Å². The molecule has 1 aromatic carbocycles. The van der Waals surface area contributed by atoms with E-state index in [0.29, 0.717) is 5.69 Å². The molecule has 0 amide bonds. The van der Waals surface area contributed by atoms with Crippen molar-refractivity contribution in [3.05, 3.63) is 47.7 Å². The molecule has 0 aliphatic heterocycles. The third-order valence-corrected chi connectivity index (χ3v) is 2.67. The summed E-state index contributed by atoms with van der Waals surface area (Å²) in [5.41, 5.74) is 6.40. The average Bonchev–Trinajstić information content (AvgIpc) is 2.45. The number of alkyl halides is 3. The number of aromatic nitrogens is 2. The zero-order valence-electron chi connectivity index (χ0n) is 11.0. The highest BCUT2D eigenvalue weighted by molar-refractivity contribution is 5.39. The highest BCUT2D eigenvalue weighted by Crippen LogP contribution is 2.31. The molecule has 0 spiro atoms. The number of methoxy groups -OCH3 is 1. The van der Waals surface area contributed by atoms with E-state index in [9.17, 15) is 13.2 Å². The Balaban J connectivity index is 2.31. The molecule has 1 heterocycles. The minimum Gasteiger partial charge on any atom is -0.480 e. The van der Waals surface area contributed by atoms with Gasteiger partial charge in [-0.25, -0.2) is 0 Å². The molecule has 0 saturated heterocycles. The van der Waals surface area contributed by atoms with Gasteiger partial charge in [0.1, 0.15) is 5.75 Å². The van der Waals surface area contributed by atoms with Crippen LogP contribution in [0.15, 0.2) is 36.4 Å². The molecule has 1 atom stereocenters. The summed E-state index contributed by atoms with van der Waals surface area (Å²) in [5, 5.41) is 7.56. The second-order valence-electron chi connectivity index (χ2n) is 4.06. The molecular formula is C13H12F3N3O2. The monoisotopic (exact) mass is 299 g/mol. The van der Waals surface area contributed by atoms with Crippen LogP contribution in [0.5, 0.6) is 11.6 Å². The molecule has 0 saturated carbocycles. The molecule has 21 heavy (non-hydrogen) atoms. The normalized spacial score (nSPS) is 12.8. The van der Waals surface area contributed by atoms with E-state index in [1.807, 2.05) is 0 Å². The minimum absolute atomic E-state index is 0.161. The summed E-state index contributed by atoms with van der Waals surface area (Å²) in [4.78, 5) is 0. The minimum atomic E-state index is -4.79. The maximum Gasteiger partial charge on any atom is 0.573 e. The fourth-order valence-corrected chi connectivity index (χ4v) is 1.72. The van der Waals surface area contributed by atoms with E-state index in [4.69, 9.17) is 10.5 Å². The average molecular weight is 299 g/mol. The highest BCUT2D eigenvalue weighted by atomic mass is 19.4. The number of hydrogen-bond donors (Lipinski definition) is 1. The van der Waals surface area contributed by atoms with Gasteiger partial charge >= 0.3 is 6.36 Å². The molecule has 2 aromatic rings. The first-order valence-electron chi connectivity index (χ1n) is 5.88. The van der Waals surface area contributed by atoms with Gasteiger partial charge in [0.25, 0.3) is 0 Å². The van der Waals surface area contributed by atoms with E-state index in [2.05, 4.69) is 14.9 Å². The van der Waals surface area contributed by atoms with Crippen molar-refractivity contribution in [1.29, 1.82) is 0 Å². The molecule has 0 aliphatic carbocycles. The summed E-state index contributed by atoms with van der Waals surface area (Å²) in [7, 11) is 1.43. The van der Waals surface area contributed by atoms with Crippen LogP contribution in [0.4, 0.5) is 13.2 Å². The number of ether oxygens (including phenoxy) is 2. The highest BCUT2D eigenvalue weighted by Gasteiger charge is 2.32. The molecule has 0 radical (unpaired) electrons. The standard InChI is InChI=1S/C13H12F3N3O2/c1-20-11-7-6-9(18-19-11)12(17)8-4-2-3-5-10(8)21-13(14,15)16/h2-7,12H,17H2,1H3. The third-order valence-electron chi connectivity index (χ3n) is 2.67. The summed E-state index contributed by atoms with van der Waals surface area (Å²) in [6, 6.07) is 7.78. The van der Waals surface area contributed by atoms with E-state index >= 15 is 0 Å². The maximum absolute atomic E-state index is 12.4. The van der Waals surface area contributed by atoms with Crippen LogP contribution in [0, 0.1) is 0 Å². The van der Waals surface area contributed by atoms with E-state index in [1.165, 1.54) is 37.4 Å². The van der Waals surface area contributed by atoms with E-state index in [0.717, 1.165) is 0 Å². The number of rotatable bonds is 4. The molecule has 2 rings (SSSR count). The summed E-state index contributed by atoms with van der Waals surface area (Å²) in [6.45, 7) is 0. The van der Waals surface area contributed by atoms with Crippen LogP contribution in [-0.2, 0) is 0 Å². The quantitative estimate of drug-likeness (QED) is 0.939. The van der Waals surface area contributed by atoms with Crippen molar-refractivity contribution in [2.24, 2.45) is 5.73 Å². The third kappa shape index (κ3) is 3.82. The van der Waals surface area contributed by atoms with Crippen molar-refractivity contribution in [3.63, 3.8) is 0 Å². The summed E-state index contributed by atoms with van der Waals surface area (Å²) in [6.07, 6.45) is -4.79. The predicted molar refractivity (Wildman–Crippen MR) is 67.7 cm³/mol. The first-order chi connectivity index (χ1) is 9.90. The molecule has 5 nitrogen and oxygen atoms in total. The van der Waals surface area contributed by atoms with Gasteiger partial charge in [0.15, 0.2) is 0 Å². The molecule has 1 aromatic heterocycles. The van der Waals surface area contributed by atoms with Gasteiger partial charge < -0.3 is 15.2 Å². The topological polar surface area (TPSA) is 70.3 Å². The van der Waals surface area contributed by atoms with Gasteiger partial charge in [-0.3, -0.25) is 0 Å². The molecule has 0 aliphatic rings. The van der Waals surface area contributed by atoms with Crippen LogP contribution in [0.3, 0.4) is 0 Å². The fourth-order valence-electron chi connectivity index (χ4n) is 1.72. The molecule has 0 fully saturated rings. The Morgan fingerprint density at radius 3 is 2.38 bits per heavy atom. The van der Waals surface area contributed by atoms with Crippen LogP contribution in [-0.4, -0.2) is 23.7 Å². The SMILES string of the molecule is COc1ccc(C(N)c2ccccc2OC(F)(F)F)nn1. The Morgan fingerprint density at radius 1 is 1.10 bits per heavy atom. The Morgan fingerprint density at radius 2 is 1.81 bits per heavy atom. The number of nitrogens with two attached hydrogens (primary N) is 1. The van der Waals surface area contributed by atoms with Crippen LogP contribution >= 0.6 is 0 Å². The fraction of sp³-hybridized carbons (Fsp3) is 0.231. The van der Waals surface area contributed by atoms with Crippen LogP contribution < -0.4 is 15.2 Å². The number of para-hydroxylation sites is 1. The molecule has 8 heteroatoms. The van der Waals surface area contributed by atoms with E-state index in [1.54, 1.807) is 6.07 Å². The van der Waals surface area contributed by atoms with Crippen molar-refractivity contribution >= 4 is 0 Å². The predicted octanol–water partition coefficient (Wildman–Crippen LogP) is 2.43. The van der Waals surface area contributed by atoms with Crippen molar-refractivity contribution in [3.8, 4) is 11.6 Å². The molecule has 112 valence electrons. The molecular weight excluding hydrogens is 287 g/mol. The van der Waals surface area contributed by atoms with Gasteiger partial charge in [0, 0.05) is 11.6 Å². The van der Waals surface area contributed by atoms with E-state index in [-0.39, 0.29) is 17.2 Å². The van der Waals surface area contributed by atoms with Crippen LogP contribution in [0.1, 0.15) is 17.3 Å². The van der Waals surface area contributed by atoms with Gasteiger partial charge in [-0.2, -0.15) is 0 Å². The Hall–Kier alpha value is -2.35. The van der Waals surface area contributed by atoms with Crippen LogP contribution in [0.2, 0.25) is 0 Å². The first kappa shape index (κ1) is 15.0. The van der Waals surface area contributed by atoms with Crippen molar-refractivity contribution in [1.82, 2.24) is 10.2 Å². The number of hydrogen-bond acceptors (Lipinski definition) is 5. The van der Waals surface area contributed by atoms with Crippen LogP contribution in [0.25, 0.3) is 0 Å².